The van der Waals surface area contributed by atoms with Crippen LogP contribution in [0, 0.1) is 18.3 Å². The van der Waals surface area contributed by atoms with Gasteiger partial charge >= 0.3 is 0 Å². The zero-order valence-electron chi connectivity index (χ0n) is 7.78. The normalized spacial score (nSPS) is 10.0. The molecule has 1 aromatic heterocycles. The second kappa shape index (κ2) is 3.00. The predicted molar refractivity (Wildman–Crippen MR) is 55.6 cm³/mol. The molecule has 1 heterocycles. The molecule has 0 saturated heterocycles. The molecule has 0 spiro atoms. The number of rotatable bonds is 0. The molecular weight excluding hydrogens is 174 g/mol. The van der Waals surface area contributed by atoms with Gasteiger partial charge in [-0.3, -0.25) is 4.98 Å². The molecule has 0 radical (unpaired) electrons. The van der Waals surface area contributed by atoms with Crippen molar-refractivity contribution in [2.75, 3.05) is 5.73 Å². The third kappa shape index (κ3) is 1.27. The van der Waals surface area contributed by atoms with Gasteiger partial charge in [0.1, 0.15) is 0 Å². The molecule has 2 rings (SSSR count). The van der Waals surface area contributed by atoms with E-state index in [2.05, 4.69) is 11.1 Å². The van der Waals surface area contributed by atoms with E-state index in [0.29, 0.717) is 11.3 Å². The Morgan fingerprint density at radius 2 is 2.14 bits per heavy atom. The predicted octanol–water partition coefficient (Wildman–Crippen LogP) is 2.00. The van der Waals surface area contributed by atoms with Crippen LogP contribution in [0.3, 0.4) is 0 Å². The maximum atomic E-state index is 8.73. The summed E-state index contributed by atoms with van der Waals surface area (Å²) in [4.78, 5) is 4.32. The van der Waals surface area contributed by atoms with Gasteiger partial charge in [0.15, 0.2) is 0 Å². The van der Waals surface area contributed by atoms with E-state index in [9.17, 15) is 0 Å². The molecule has 0 aliphatic carbocycles. The van der Waals surface area contributed by atoms with Crippen molar-refractivity contribution in [2.24, 2.45) is 0 Å². The van der Waals surface area contributed by atoms with Gasteiger partial charge < -0.3 is 5.73 Å². The maximum absolute atomic E-state index is 8.73. The molecule has 3 heteroatoms. The summed E-state index contributed by atoms with van der Waals surface area (Å²) in [6.45, 7) is 1.90. The zero-order chi connectivity index (χ0) is 10.1. The van der Waals surface area contributed by atoms with Crippen LogP contribution in [0.4, 0.5) is 5.69 Å². The summed E-state index contributed by atoms with van der Waals surface area (Å²) in [5, 5.41) is 9.57. The van der Waals surface area contributed by atoms with Crippen LogP contribution in [-0.2, 0) is 0 Å². The minimum atomic E-state index is 0.606. The summed E-state index contributed by atoms with van der Waals surface area (Å²) < 4.78 is 0. The summed E-state index contributed by atoms with van der Waals surface area (Å²) in [7, 11) is 0. The number of fused-ring (bicyclic) bond motifs is 1. The molecule has 0 bridgehead atoms. The van der Waals surface area contributed by atoms with E-state index >= 15 is 0 Å². The van der Waals surface area contributed by atoms with Crippen molar-refractivity contribution in [1.82, 2.24) is 4.98 Å². The third-order valence-corrected chi connectivity index (χ3v) is 2.10. The van der Waals surface area contributed by atoms with Crippen LogP contribution in [0.1, 0.15) is 11.3 Å². The van der Waals surface area contributed by atoms with E-state index in [1.807, 2.05) is 19.1 Å². The summed E-state index contributed by atoms with van der Waals surface area (Å²) >= 11 is 0. The van der Waals surface area contributed by atoms with Crippen LogP contribution >= 0.6 is 0 Å². The zero-order valence-corrected chi connectivity index (χ0v) is 7.78. The monoisotopic (exact) mass is 183 g/mol. The summed E-state index contributed by atoms with van der Waals surface area (Å²) in [5.41, 5.74) is 8.83. The molecule has 14 heavy (non-hydrogen) atoms. The van der Waals surface area contributed by atoms with Gasteiger partial charge in [0.25, 0.3) is 0 Å². The highest BCUT2D eigenvalue weighted by atomic mass is 14.7. The first-order valence-corrected chi connectivity index (χ1v) is 4.27. The standard InChI is InChI=1S/C11H9N3/c1-7-4-10(13)9-5-8(6-12)2-3-11(9)14-7/h2-5H,1H3,(H2,13,14). The second-order valence-electron chi connectivity index (χ2n) is 3.20. The van der Waals surface area contributed by atoms with Gasteiger partial charge in [-0.05, 0) is 31.2 Å². The quantitative estimate of drug-likeness (QED) is 0.679. The molecule has 68 valence electrons. The lowest BCUT2D eigenvalue weighted by Gasteiger charge is -2.03. The molecule has 3 nitrogen and oxygen atoms in total. The van der Waals surface area contributed by atoms with Gasteiger partial charge in [0.2, 0.25) is 0 Å². The van der Waals surface area contributed by atoms with Crippen molar-refractivity contribution < 1.29 is 0 Å². The molecule has 0 unspecified atom stereocenters. The van der Waals surface area contributed by atoms with E-state index in [-0.39, 0.29) is 0 Å². The molecule has 0 fully saturated rings. The van der Waals surface area contributed by atoms with Gasteiger partial charge in [0, 0.05) is 16.8 Å². The van der Waals surface area contributed by atoms with Crippen molar-refractivity contribution >= 4 is 16.6 Å². The molecule has 0 aliphatic rings. The largest absolute Gasteiger partial charge is 0.398 e. The number of hydrogen-bond acceptors (Lipinski definition) is 3. The van der Waals surface area contributed by atoms with Crippen molar-refractivity contribution in [3.8, 4) is 6.07 Å². The highest BCUT2D eigenvalue weighted by Gasteiger charge is 2.01. The van der Waals surface area contributed by atoms with E-state index < -0.39 is 0 Å². The van der Waals surface area contributed by atoms with Crippen molar-refractivity contribution in [3.63, 3.8) is 0 Å². The Morgan fingerprint density at radius 3 is 2.86 bits per heavy atom. The van der Waals surface area contributed by atoms with E-state index in [4.69, 9.17) is 11.0 Å². The Labute approximate surface area is 81.8 Å². The number of aromatic nitrogens is 1. The Bertz CT molecular complexity index is 538. The van der Waals surface area contributed by atoms with Crippen LogP contribution in [0.2, 0.25) is 0 Å². The molecule has 0 amide bonds. The first kappa shape index (κ1) is 8.52. The van der Waals surface area contributed by atoms with E-state index in [1.54, 1.807) is 12.1 Å². The Kier molecular flexibility index (Phi) is 1.83. The number of nitrogens with two attached hydrogens (primary N) is 1. The average Bonchev–Trinajstić information content (AvgIpc) is 2.17. The number of hydrogen-bond donors (Lipinski definition) is 1. The van der Waals surface area contributed by atoms with Crippen molar-refractivity contribution in [3.05, 3.63) is 35.5 Å². The Hall–Kier alpha value is -2.08. The maximum Gasteiger partial charge on any atom is 0.0991 e. The van der Waals surface area contributed by atoms with Gasteiger partial charge in [-0.1, -0.05) is 0 Å². The van der Waals surface area contributed by atoms with Crippen LogP contribution in [-0.4, -0.2) is 4.98 Å². The van der Waals surface area contributed by atoms with Crippen LogP contribution in [0.5, 0.6) is 0 Å². The van der Waals surface area contributed by atoms with Gasteiger partial charge in [-0.2, -0.15) is 5.26 Å². The highest BCUT2D eigenvalue weighted by Crippen LogP contribution is 2.21. The topological polar surface area (TPSA) is 62.7 Å². The number of nitriles is 1. The lowest BCUT2D eigenvalue weighted by atomic mass is 10.1. The molecule has 0 aliphatic heterocycles. The average molecular weight is 183 g/mol. The number of benzene rings is 1. The molecule has 0 saturated carbocycles. The third-order valence-electron chi connectivity index (χ3n) is 2.10. The Balaban J connectivity index is 2.84. The first-order chi connectivity index (χ1) is 6.70. The van der Waals surface area contributed by atoms with E-state index in [1.165, 1.54) is 0 Å². The van der Waals surface area contributed by atoms with E-state index in [0.717, 1.165) is 16.6 Å². The SMILES string of the molecule is Cc1cc(N)c2cc(C#N)ccc2n1. The number of aryl methyl sites for hydroxylation is 1. The summed E-state index contributed by atoms with van der Waals surface area (Å²) in [6.07, 6.45) is 0. The van der Waals surface area contributed by atoms with Gasteiger partial charge in [-0.15, -0.1) is 0 Å². The fourth-order valence-electron chi connectivity index (χ4n) is 1.46. The Morgan fingerprint density at radius 1 is 1.36 bits per heavy atom. The summed E-state index contributed by atoms with van der Waals surface area (Å²) in [5.74, 6) is 0. The number of nitrogen functional groups attached to an aromatic ring is 1. The second-order valence-corrected chi connectivity index (χ2v) is 3.20. The fourth-order valence-corrected chi connectivity index (χ4v) is 1.46. The van der Waals surface area contributed by atoms with Gasteiger partial charge in [-0.25, -0.2) is 0 Å². The van der Waals surface area contributed by atoms with Crippen LogP contribution in [0.25, 0.3) is 10.9 Å². The summed E-state index contributed by atoms with van der Waals surface area (Å²) in [6, 6.07) is 9.21. The lowest BCUT2D eigenvalue weighted by molar-refractivity contribution is 1.26. The smallest absolute Gasteiger partial charge is 0.0991 e. The fraction of sp³-hybridized carbons (Fsp3) is 0.0909. The van der Waals surface area contributed by atoms with Crippen molar-refractivity contribution in [2.45, 2.75) is 6.92 Å². The molecule has 0 atom stereocenters. The molecule has 2 aromatic rings. The molecule has 1 aromatic carbocycles. The first-order valence-electron chi connectivity index (χ1n) is 4.27. The minimum absolute atomic E-state index is 0.606. The van der Waals surface area contributed by atoms with Crippen LogP contribution in [0.15, 0.2) is 24.3 Å². The molecular formula is C11H9N3. The number of pyridine rings is 1. The minimum Gasteiger partial charge on any atom is -0.398 e. The van der Waals surface area contributed by atoms with Gasteiger partial charge in [0.05, 0.1) is 17.1 Å². The van der Waals surface area contributed by atoms with Crippen LogP contribution < -0.4 is 5.73 Å². The lowest BCUT2D eigenvalue weighted by Crippen LogP contribution is -1.92. The van der Waals surface area contributed by atoms with Crippen molar-refractivity contribution in [1.29, 1.82) is 5.26 Å². The highest BCUT2D eigenvalue weighted by molar-refractivity contribution is 5.91. The molecule has 2 N–H and O–H groups in total. The number of nitrogens with zero attached hydrogens (tertiary/aromatic N) is 2. The number of anilines is 1.